The lowest BCUT2D eigenvalue weighted by Crippen LogP contribution is -2.52. The number of hydrogen-bond acceptors (Lipinski definition) is 5. The van der Waals surface area contributed by atoms with E-state index in [0.29, 0.717) is 72.2 Å². The van der Waals surface area contributed by atoms with Crippen molar-refractivity contribution in [2.45, 2.75) is 44.9 Å². The van der Waals surface area contributed by atoms with E-state index in [-0.39, 0.29) is 41.1 Å². The first-order valence-corrected chi connectivity index (χ1v) is 13.6. The zero-order chi connectivity index (χ0) is 28.8. The Hall–Kier alpha value is -3.18. The van der Waals surface area contributed by atoms with Gasteiger partial charge in [-0.05, 0) is 55.3 Å². The lowest BCUT2D eigenvalue weighted by Gasteiger charge is -2.39. The van der Waals surface area contributed by atoms with E-state index in [4.69, 9.17) is 15.2 Å². The van der Waals surface area contributed by atoms with Crippen LogP contribution >= 0.6 is 11.3 Å². The molecule has 2 N–H and O–H groups in total. The maximum atomic E-state index is 15.4. The number of halogens is 6. The van der Waals surface area contributed by atoms with Crippen molar-refractivity contribution >= 4 is 27.1 Å². The summed E-state index contributed by atoms with van der Waals surface area (Å²) in [4.78, 5) is 2.15. The van der Waals surface area contributed by atoms with Crippen molar-refractivity contribution in [3.63, 3.8) is 0 Å². The number of rotatable bonds is 9. The van der Waals surface area contributed by atoms with Gasteiger partial charge in [0.15, 0.2) is 23.6 Å². The number of hydrogen-bond donors (Lipinski definition) is 1. The van der Waals surface area contributed by atoms with Crippen LogP contribution in [0.25, 0.3) is 20.5 Å². The van der Waals surface area contributed by atoms with Crippen LogP contribution in [-0.4, -0.2) is 43.5 Å². The standard InChI is InChI=1S/C29H28F6N2O2S/c1-15-24(36)6-5-18-26(28(40-27(15)18)19-11-21(31)22(32)12-20(19)29(2,34)35)39-25-7-4-16(10-23(25)33)38-17-13-37(14-17)9-3-8-30/h4-7,11-12,17,23H,3,8-10,13-14,36H2,1-2H3. The summed E-state index contributed by atoms with van der Waals surface area (Å²) in [6.45, 7) is 3.86. The zero-order valence-corrected chi connectivity index (χ0v) is 22.7. The Kier molecular flexibility index (Phi) is 7.80. The van der Waals surface area contributed by atoms with Crippen LogP contribution < -0.4 is 10.5 Å². The molecule has 2 heterocycles. The summed E-state index contributed by atoms with van der Waals surface area (Å²) in [6.07, 6.45) is 1.66. The number of anilines is 1. The summed E-state index contributed by atoms with van der Waals surface area (Å²) in [5.74, 6) is -5.80. The van der Waals surface area contributed by atoms with Gasteiger partial charge in [-0.3, -0.25) is 9.29 Å². The van der Waals surface area contributed by atoms with Crippen molar-refractivity contribution in [3.8, 4) is 16.2 Å². The summed E-state index contributed by atoms with van der Waals surface area (Å²) in [6, 6.07) is 4.43. The molecule has 0 amide bonds. The first-order chi connectivity index (χ1) is 19.0. The zero-order valence-electron chi connectivity index (χ0n) is 21.9. The van der Waals surface area contributed by atoms with Gasteiger partial charge in [0.05, 0.1) is 11.6 Å². The maximum absolute atomic E-state index is 15.4. The van der Waals surface area contributed by atoms with Crippen molar-refractivity contribution in [3.05, 3.63) is 70.7 Å². The molecule has 0 spiro atoms. The summed E-state index contributed by atoms with van der Waals surface area (Å²) in [7, 11) is 0. The van der Waals surface area contributed by atoms with E-state index in [1.165, 1.54) is 6.08 Å². The fourth-order valence-electron chi connectivity index (χ4n) is 4.87. The number of nitrogens with zero attached hydrogens (tertiary/aromatic N) is 1. The van der Waals surface area contributed by atoms with Crippen molar-refractivity contribution in [1.82, 2.24) is 4.90 Å². The second kappa shape index (κ2) is 11.0. The Labute approximate surface area is 231 Å². The Morgan fingerprint density at radius 2 is 1.85 bits per heavy atom. The molecule has 2 aliphatic rings. The van der Waals surface area contributed by atoms with Crippen LogP contribution in [-0.2, 0) is 10.7 Å². The van der Waals surface area contributed by atoms with E-state index in [0.717, 1.165) is 11.3 Å². The second-order valence-corrected chi connectivity index (χ2v) is 11.2. The Morgan fingerprint density at radius 3 is 2.52 bits per heavy atom. The van der Waals surface area contributed by atoms with Crippen molar-refractivity contribution in [2.24, 2.45) is 0 Å². The number of likely N-dealkylation sites (tertiary alicyclic amines) is 1. The quantitative estimate of drug-likeness (QED) is 0.207. The van der Waals surface area contributed by atoms with Gasteiger partial charge < -0.3 is 15.2 Å². The molecular weight excluding hydrogens is 554 g/mol. The number of nitrogen functional groups attached to an aromatic ring is 1. The minimum Gasteiger partial charge on any atom is -0.492 e. The fourth-order valence-corrected chi connectivity index (χ4v) is 6.14. The molecule has 4 nitrogen and oxygen atoms in total. The molecule has 0 radical (unpaired) electrons. The van der Waals surface area contributed by atoms with Gasteiger partial charge in [-0.1, -0.05) is 0 Å². The third kappa shape index (κ3) is 5.54. The smallest absolute Gasteiger partial charge is 0.271 e. The first-order valence-electron chi connectivity index (χ1n) is 12.8. The monoisotopic (exact) mass is 582 g/mol. The maximum Gasteiger partial charge on any atom is 0.271 e. The predicted molar refractivity (Wildman–Crippen MR) is 144 cm³/mol. The van der Waals surface area contributed by atoms with Crippen molar-refractivity contribution in [1.29, 1.82) is 0 Å². The number of alkyl halides is 4. The normalized spacial score (nSPS) is 18.4. The van der Waals surface area contributed by atoms with Gasteiger partial charge in [0.2, 0.25) is 0 Å². The van der Waals surface area contributed by atoms with Gasteiger partial charge in [0.1, 0.15) is 17.6 Å². The molecule has 0 saturated carbocycles. The Bertz CT molecular complexity index is 1490. The largest absolute Gasteiger partial charge is 0.492 e. The molecule has 2 aromatic carbocycles. The number of nitrogens with two attached hydrogens (primary N) is 1. The first kappa shape index (κ1) is 28.4. The second-order valence-electron chi connectivity index (χ2n) is 10.1. The Balaban J connectivity index is 1.50. The molecule has 1 aromatic heterocycles. The molecule has 5 rings (SSSR count). The average molecular weight is 583 g/mol. The molecule has 1 atom stereocenters. The Morgan fingerprint density at radius 1 is 1.12 bits per heavy atom. The van der Waals surface area contributed by atoms with Crippen LogP contribution in [0.15, 0.2) is 47.9 Å². The molecule has 1 fully saturated rings. The summed E-state index contributed by atoms with van der Waals surface area (Å²) < 4.78 is 97.8. The van der Waals surface area contributed by atoms with Crippen LogP contribution in [0, 0.1) is 18.6 Å². The molecule has 1 saturated heterocycles. The van der Waals surface area contributed by atoms with Gasteiger partial charge in [0.25, 0.3) is 5.92 Å². The summed E-state index contributed by atoms with van der Waals surface area (Å²) >= 11 is 1.03. The molecule has 1 aliphatic heterocycles. The molecule has 3 aromatic rings. The SMILES string of the molecule is Cc1c(N)ccc2c(OC3=CC=C(OC4CN(CCCF)C4)CC3F)c(-c3cc(F)c(F)cc3C(C)(F)F)sc12. The van der Waals surface area contributed by atoms with Crippen molar-refractivity contribution in [2.75, 3.05) is 32.0 Å². The van der Waals surface area contributed by atoms with Gasteiger partial charge in [0, 0.05) is 59.9 Å². The minimum absolute atomic E-state index is 0.0498. The van der Waals surface area contributed by atoms with E-state index < -0.39 is 29.3 Å². The molecular formula is C29H28F6N2O2S. The van der Waals surface area contributed by atoms with Gasteiger partial charge >= 0.3 is 0 Å². The van der Waals surface area contributed by atoms with Crippen LogP contribution in [0.5, 0.6) is 5.75 Å². The molecule has 1 unspecified atom stereocenters. The highest BCUT2D eigenvalue weighted by Gasteiger charge is 2.34. The van der Waals surface area contributed by atoms with Crippen LogP contribution in [0.3, 0.4) is 0 Å². The van der Waals surface area contributed by atoms with E-state index in [1.807, 2.05) is 0 Å². The van der Waals surface area contributed by atoms with Gasteiger partial charge in [-0.2, -0.15) is 0 Å². The van der Waals surface area contributed by atoms with E-state index in [2.05, 4.69) is 4.90 Å². The third-order valence-electron chi connectivity index (χ3n) is 7.07. The molecule has 0 bridgehead atoms. The van der Waals surface area contributed by atoms with Crippen molar-refractivity contribution < 1.29 is 35.8 Å². The van der Waals surface area contributed by atoms with E-state index in [1.54, 1.807) is 25.1 Å². The van der Waals surface area contributed by atoms with E-state index in [9.17, 15) is 22.0 Å². The summed E-state index contributed by atoms with van der Waals surface area (Å²) in [5, 5.41) is 0.476. The highest BCUT2D eigenvalue weighted by molar-refractivity contribution is 7.23. The van der Waals surface area contributed by atoms with Crippen LogP contribution in [0.1, 0.15) is 30.9 Å². The summed E-state index contributed by atoms with van der Waals surface area (Å²) in [5.41, 5.74) is 6.18. The highest BCUT2D eigenvalue weighted by atomic mass is 32.1. The number of aryl methyl sites for hydroxylation is 1. The number of fused-ring (bicyclic) bond motifs is 1. The highest BCUT2D eigenvalue weighted by Crippen LogP contribution is 2.50. The van der Waals surface area contributed by atoms with Gasteiger partial charge in [-0.25, -0.2) is 22.0 Å². The number of thiophene rings is 1. The topological polar surface area (TPSA) is 47.7 Å². The fraction of sp³-hybridized carbons (Fsp3) is 0.379. The van der Waals surface area contributed by atoms with E-state index >= 15 is 4.39 Å². The predicted octanol–water partition coefficient (Wildman–Crippen LogP) is 7.80. The van der Waals surface area contributed by atoms with Crippen LogP contribution in [0.2, 0.25) is 0 Å². The minimum atomic E-state index is -3.50. The van der Waals surface area contributed by atoms with Gasteiger partial charge in [-0.15, -0.1) is 11.3 Å². The molecule has 11 heteroatoms. The molecule has 214 valence electrons. The molecule has 1 aliphatic carbocycles. The van der Waals surface area contributed by atoms with Crippen LogP contribution in [0.4, 0.5) is 32.0 Å². The molecule has 40 heavy (non-hydrogen) atoms. The number of ether oxygens (including phenoxy) is 2. The number of allylic oxidation sites excluding steroid dienone is 4. The lowest BCUT2D eigenvalue weighted by atomic mass is 9.99. The average Bonchev–Trinajstić information content (AvgIpc) is 3.23. The lowest BCUT2D eigenvalue weighted by molar-refractivity contribution is -0.0278. The third-order valence-corrected chi connectivity index (χ3v) is 8.41. The number of benzene rings is 2.